The first-order valence-corrected chi connectivity index (χ1v) is 5.38. The predicted molar refractivity (Wildman–Crippen MR) is 63.0 cm³/mol. The molecule has 1 unspecified atom stereocenters. The third-order valence-corrected chi connectivity index (χ3v) is 2.52. The van der Waals surface area contributed by atoms with Gasteiger partial charge in [0.15, 0.2) is 0 Å². The molecule has 0 aliphatic carbocycles. The van der Waals surface area contributed by atoms with Crippen LogP contribution in [0.2, 0.25) is 0 Å². The number of likely N-dealkylation sites (N-methyl/N-ethyl adjacent to an activating group) is 1. The van der Waals surface area contributed by atoms with E-state index in [4.69, 9.17) is 10.5 Å². The van der Waals surface area contributed by atoms with Gasteiger partial charge in [0.1, 0.15) is 11.6 Å². The van der Waals surface area contributed by atoms with Gasteiger partial charge in [-0.15, -0.1) is 0 Å². The lowest BCUT2D eigenvalue weighted by atomic mass is 10.2. The molecule has 3 nitrogen and oxygen atoms in total. The van der Waals surface area contributed by atoms with Crippen molar-refractivity contribution in [1.29, 1.82) is 0 Å². The first kappa shape index (κ1) is 12.9. The average Bonchev–Trinajstić information content (AvgIpc) is 2.24. The number of halogens is 1. The molecule has 0 amide bonds. The molecular weight excluding hydrogens is 207 g/mol. The predicted octanol–water partition coefficient (Wildman–Crippen LogP) is 1.48. The maximum absolute atomic E-state index is 12.8. The van der Waals surface area contributed by atoms with Crippen molar-refractivity contribution in [2.45, 2.75) is 12.5 Å². The zero-order valence-corrected chi connectivity index (χ0v) is 9.82. The van der Waals surface area contributed by atoms with Crippen LogP contribution in [0.3, 0.4) is 0 Å². The quantitative estimate of drug-likeness (QED) is 0.798. The number of hydrogen-bond donors (Lipinski definition) is 1. The highest BCUT2D eigenvalue weighted by atomic mass is 19.1. The molecule has 0 spiro atoms. The Morgan fingerprint density at radius 1 is 1.44 bits per heavy atom. The molecule has 0 fully saturated rings. The van der Waals surface area contributed by atoms with Crippen molar-refractivity contribution >= 4 is 0 Å². The lowest BCUT2D eigenvalue weighted by Crippen LogP contribution is -2.36. The molecule has 0 aliphatic rings. The van der Waals surface area contributed by atoms with Gasteiger partial charge >= 0.3 is 0 Å². The number of nitrogens with zero attached hydrogens (tertiary/aromatic N) is 1. The number of nitrogens with two attached hydrogens (primary N) is 1. The minimum Gasteiger partial charge on any atom is -0.493 e. The van der Waals surface area contributed by atoms with E-state index >= 15 is 0 Å². The van der Waals surface area contributed by atoms with Gasteiger partial charge in [-0.3, -0.25) is 0 Å². The lowest BCUT2D eigenvalue weighted by molar-refractivity contribution is 0.225. The average molecular weight is 226 g/mol. The van der Waals surface area contributed by atoms with Crippen LogP contribution >= 0.6 is 0 Å². The first-order valence-electron chi connectivity index (χ1n) is 5.38. The van der Waals surface area contributed by atoms with E-state index in [1.165, 1.54) is 12.1 Å². The summed E-state index contributed by atoms with van der Waals surface area (Å²) in [4.78, 5) is 2.06. The van der Waals surface area contributed by atoms with Crippen LogP contribution < -0.4 is 10.5 Å². The van der Waals surface area contributed by atoms with Crippen molar-refractivity contribution in [3.05, 3.63) is 30.1 Å². The third kappa shape index (κ3) is 4.16. The van der Waals surface area contributed by atoms with E-state index in [2.05, 4.69) is 4.90 Å². The van der Waals surface area contributed by atoms with Crippen LogP contribution in [-0.4, -0.2) is 38.2 Å². The maximum Gasteiger partial charge on any atom is 0.126 e. The monoisotopic (exact) mass is 226 g/mol. The van der Waals surface area contributed by atoms with E-state index in [1.807, 2.05) is 14.1 Å². The summed E-state index contributed by atoms with van der Waals surface area (Å²) >= 11 is 0. The van der Waals surface area contributed by atoms with Gasteiger partial charge in [-0.05, 0) is 32.6 Å². The summed E-state index contributed by atoms with van der Waals surface area (Å²) in [7, 11) is 3.97. The van der Waals surface area contributed by atoms with Crippen LogP contribution in [0.1, 0.15) is 6.42 Å². The molecule has 0 saturated heterocycles. The molecule has 1 rings (SSSR count). The zero-order valence-electron chi connectivity index (χ0n) is 9.82. The second-order valence-corrected chi connectivity index (χ2v) is 3.95. The second kappa shape index (κ2) is 6.45. The summed E-state index contributed by atoms with van der Waals surface area (Å²) in [6.45, 7) is 1.14. The highest BCUT2D eigenvalue weighted by Crippen LogP contribution is 2.12. The minimum absolute atomic E-state index is 0.277. The van der Waals surface area contributed by atoms with E-state index in [0.29, 0.717) is 24.9 Å². The maximum atomic E-state index is 12.8. The largest absolute Gasteiger partial charge is 0.493 e. The number of ether oxygens (including phenoxy) is 1. The van der Waals surface area contributed by atoms with Gasteiger partial charge in [0, 0.05) is 18.7 Å². The molecule has 16 heavy (non-hydrogen) atoms. The Morgan fingerprint density at radius 3 is 2.75 bits per heavy atom. The van der Waals surface area contributed by atoms with Crippen LogP contribution in [0.15, 0.2) is 24.3 Å². The zero-order chi connectivity index (χ0) is 12.0. The van der Waals surface area contributed by atoms with Crippen molar-refractivity contribution in [3.8, 4) is 5.75 Å². The summed E-state index contributed by atoms with van der Waals surface area (Å²) in [6, 6.07) is 6.46. The van der Waals surface area contributed by atoms with Crippen molar-refractivity contribution in [2.24, 2.45) is 5.73 Å². The second-order valence-electron chi connectivity index (χ2n) is 3.95. The standard InChI is InChI=1S/C12H19FN2O/c1-15(2)11(9-14)6-7-16-12-5-3-4-10(13)8-12/h3-5,8,11H,6-7,9,14H2,1-2H3. The Kier molecular flexibility index (Phi) is 5.22. The Bertz CT molecular complexity index is 318. The van der Waals surface area contributed by atoms with E-state index in [1.54, 1.807) is 12.1 Å². The molecule has 0 saturated carbocycles. The molecule has 1 atom stereocenters. The van der Waals surface area contributed by atoms with E-state index < -0.39 is 0 Å². The summed E-state index contributed by atoms with van der Waals surface area (Å²) in [5, 5.41) is 0. The van der Waals surface area contributed by atoms with Gasteiger partial charge in [-0.2, -0.15) is 0 Å². The molecule has 1 aromatic carbocycles. The van der Waals surface area contributed by atoms with Crippen LogP contribution in [0.4, 0.5) is 4.39 Å². The van der Waals surface area contributed by atoms with Gasteiger partial charge in [0.2, 0.25) is 0 Å². The number of benzene rings is 1. The SMILES string of the molecule is CN(C)C(CN)CCOc1cccc(F)c1. The van der Waals surface area contributed by atoms with Gasteiger partial charge in [0.25, 0.3) is 0 Å². The summed E-state index contributed by atoms with van der Waals surface area (Å²) in [5.74, 6) is 0.287. The topological polar surface area (TPSA) is 38.5 Å². The van der Waals surface area contributed by atoms with Crippen LogP contribution in [-0.2, 0) is 0 Å². The molecule has 4 heteroatoms. The van der Waals surface area contributed by atoms with E-state index in [9.17, 15) is 4.39 Å². The van der Waals surface area contributed by atoms with Gasteiger partial charge in [-0.25, -0.2) is 4.39 Å². The first-order chi connectivity index (χ1) is 7.63. The summed E-state index contributed by atoms with van der Waals surface area (Å²) in [6.07, 6.45) is 0.833. The van der Waals surface area contributed by atoms with Gasteiger partial charge in [0.05, 0.1) is 6.61 Å². The summed E-state index contributed by atoms with van der Waals surface area (Å²) < 4.78 is 18.3. The fraction of sp³-hybridized carbons (Fsp3) is 0.500. The minimum atomic E-state index is -0.277. The molecule has 0 aromatic heterocycles. The van der Waals surface area contributed by atoms with Crippen LogP contribution in [0, 0.1) is 5.82 Å². The molecule has 0 bridgehead atoms. The van der Waals surface area contributed by atoms with E-state index in [0.717, 1.165) is 6.42 Å². The van der Waals surface area contributed by atoms with Crippen molar-refractivity contribution in [2.75, 3.05) is 27.2 Å². The van der Waals surface area contributed by atoms with Crippen molar-refractivity contribution < 1.29 is 9.13 Å². The van der Waals surface area contributed by atoms with Gasteiger partial charge < -0.3 is 15.4 Å². The van der Waals surface area contributed by atoms with Crippen LogP contribution in [0.5, 0.6) is 5.75 Å². The Labute approximate surface area is 96.0 Å². The van der Waals surface area contributed by atoms with Crippen molar-refractivity contribution in [1.82, 2.24) is 4.90 Å². The molecule has 0 radical (unpaired) electrons. The fourth-order valence-electron chi connectivity index (χ4n) is 1.46. The van der Waals surface area contributed by atoms with E-state index in [-0.39, 0.29) is 5.82 Å². The van der Waals surface area contributed by atoms with Crippen molar-refractivity contribution in [3.63, 3.8) is 0 Å². The lowest BCUT2D eigenvalue weighted by Gasteiger charge is -2.22. The molecular formula is C12H19FN2O. The normalized spacial score (nSPS) is 12.8. The van der Waals surface area contributed by atoms with Gasteiger partial charge in [-0.1, -0.05) is 6.07 Å². The molecule has 2 N–H and O–H groups in total. The summed E-state index contributed by atoms with van der Waals surface area (Å²) in [5.41, 5.74) is 5.62. The third-order valence-electron chi connectivity index (χ3n) is 2.52. The molecule has 0 aliphatic heterocycles. The number of hydrogen-bond acceptors (Lipinski definition) is 3. The molecule has 1 aromatic rings. The smallest absolute Gasteiger partial charge is 0.126 e. The Morgan fingerprint density at radius 2 is 2.19 bits per heavy atom. The number of rotatable bonds is 6. The molecule has 90 valence electrons. The molecule has 0 heterocycles. The fourth-order valence-corrected chi connectivity index (χ4v) is 1.46. The van der Waals surface area contributed by atoms with Crippen LogP contribution in [0.25, 0.3) is 0 Å². The Hall–Kier alpha value is -1.13. The highest BCUT2D eigenvalue weighted by molar-refractivity contribution is 5.22. The highest BCUT2D eigenvalue weighted by Gasteiger charge is 2.08. The Balaban J connectivity index is 2.35.